The predicted octanol–water partition coefficient (Wildman–Crippen LogP) is 4.16. The number of alkyl halides is 6. The molecule has 7 nitrogen and oxygen atoms in total. The first kappa shape index (κ1) is 24.2. The fourth-order valence-electron chi connectivity index (χ4n) is 4.25. The molecule has 13 heteroatoms. The second kappa shape index (κ2) is 8.47. The average molecular weight is 470 g/mol. The molecule has 0 radical (unpaired) electrons. The Morgan fingerprint density at radius 2 is 1.62 bits per heavy atom. The second-order valence-corrected chi connectivity index (χ2v) is 8.39. The van der Waals surface area contributed by atoms with Gasteiger partial charge in [0.25, 0.3) is 12.0 Å². The van der Waals surface area contributed by atoms with Crippen molar-refractivity contribution >= 4 is 12.0 Å². The highest BCUT2D eigenvalue weighted by Crippen LogP contribution is 2.40. The summed E-state index contributed by atoms with van der Waals surface area (Å²) in [5.41, 5.74) is -0.358. The van der Waals surface area contributed by atoms with Crippen LogP contribution >= 0.6 is 0 Å². The van der Waals surface area contributed by atoms with Gasteiger partial charge in [0.05, 0.1) is 0 Å². The maximum absolute atomic E-state index is 13.0. The minimum atomic E-state index is -5.76. The molecular formula is C19H24F6N4O3. The third-order valence-electron chi connectivity index (χ3n) is 5.96. The first-order valence-electron chi connectivity index (χ1n) is 10.2. The summed E-state index contributed by atoms with van der Waals surface area (Å²) in [6.07, 6.45) is -13.9. The molecule has 0 bridgehead atoms. The predicted molar refractivity (Wildman–Crippen MR) is 98.8 cm³/mol. The summed E-state index contributed by atoms with van der Waals surface area (Å²) < 4.78 is 81.4. The maximum atomic E-state index is 13.0. The van der Waals surface area contributed by atoms with E-state index in [1.807, 2.05) is 13.8 Å². The van der Waals surface area contributed by atoms with Crippen LogP contribution in [0.1, 0.15) is 56.1 Å². The molecule has 1 spiro atoms. The Kier molecular flexibility index (Phi) is 6.40. The Morgan fingerprint density at radius 3 is 2.12 bits per heavy atom. The molecule has 2 fully saturated rings. The third kappa shape index (κ3) is 4.80. The minimum absolute atomic E-state index is 0.0653. The number of nitrogens with zero attached hydrogens (tertiary/aromatic N) is 4. The number of rotatable bonds is 3. The van der Waals surface area contributed by atoms with Gasteiger partial charge in [-0.25, -0.2) is 4.79 Å². The smallest absolute Gasteiger partial charge is 0.426 e. The molecule has 32 heavy (non-hydrogen) atoms. The molecule has 0 unspecified atom stereocenters. The largest absolute Gasteiger partial charge is 0.434 e. The van der Waals surface area contributed by atoms with E-state index in [0.717, 1.165) is 4.90 Å². The molecule has 180 valence electrons. The monoisotopic (exact) mass is 470 g/mol. The van der Waals surface area contributed by atoms with Crippen molar-refractivity contribution in [3.05, 3.63) is 18.0 Å². The molecule has 3 heterocycles. The van der Waals surface area contributed by atoms with Gasteiger partial charge in [0, 0.05) is 37.4 Å². The number of hydrogen-bond donors (Lipinski definition) is 0. The molecule has 0 aliphatic carbocycles. The number of aromatic nitrogens is 2. The van der Waals surface area contributed by atoms with Gasteiger partial charge in [-0.15, -0.1) is 0 Å². The van der Waals surface area contributed by atoms with E-state index in [1.54, 1.807) is 21.8 Å². The van der Waals surface area contributed by atoms with E-state index in [2.05, 4.69) is 9.84 Å². The molecule has 3 rings (SSSR count). The summed E-state index contributed by atoms with van der Waals surface area (Å²) >= 11 is 0. The quantitative estimate of drug-likeness (QED) is 0.623. The van der Waals surface area contributed by atoms with Crippen LogP contribution in [0.2, 0.25) is 0 Å². The lowest BCUT2D eigenvalue weighted by Crippen LogP contribution is -2.56. The van der Waals surface area contributed by atoms with E-state index in [4.69, 9.17) is 0 Å². The van der Waals surface area contributed by atoms with E-state index >= 15 is 0 Å². The van der Waals surface area contributed by atoms with Crippen LogP contribution in [0.3, 0.4) is 0 Å². The van der Waals surface area contributed by atoms with Crippen LogP contribution < -0.4 is 0 Å². The molecule has 1 aromatic rings. The van der Waals surface area contributed by atoms with Gasteiger partial charge in [0.15, 0.2) is 0 Å². The summed E-state index contributed by atoms with van der Waals surface area (Å²) in [4.78, 5) is 27.5. The van der Waals surface area contributed by atoms with E-state index in [9.17, 15) is 35.9 Å². The van der Waals surface area contributed by atoms with Crippen LogP contribution in [0.4, 0.5) is 31.1 Å². The lowest BCUT2D eigenvalue weighted by atomic mass is 9.85. The summed E-state index contributed by atoms with van der Waals surface area (Å²) in [5.74, 6) is -0.285. The average Bonchev–Trinajstić information content (AvgIpc) is 3.32. The molecule has 2 aliphatic heterocycles. The first-order valence-corrected chi connectivity index (χ1v) is 10.2. The number of hydrogen-bond acceptors (Lipinski definition) is 4. The highest BCUT2D eigenvalue weighted by molar-refractivity contribution is 5.93. The van der Waals surface area contributed by atoms with Crippen molar-refractivity contribution in [1.29, 1.82) is 0 Å². The van der Waals surface area contributed by atoms with Crippen molar-refractivity contribution in [1.82, 2.24) is 19.6 Å². The van der Waals surface area contributed by atoms with Gasteiger partial charge in [0.1, 0.15) is 5.69 Å². The fraction of sp³-hybridized carbons (Fsp3) is 0.737. The van der Waals surface area contributed by atoms with Crippen molar-refractivity contribution in [3.8, 4) is 0 Å². The Labute approximate surface area is 180 Å². The standard InChI is InChI=1S/C19H24F6N4O3/c1-12(2)29-9-4-13(26-29)14(30)28-8-3-5-17(28)6-10-27(11-7-17)16(31)32-15(18(20,21)22)19(23,24)25/h4,9,12,15H,3,5-8,10-11H2,1-2H3. The van der Waals surface area contributed by atoms with Crippen LogP contribution in [-0.4, -0.2) is 75.2 Å². The number of carbonyl (C=O) groups excluding carboxylic acids is 2. The van der Waals surface area contributed by atoms with Crippen LogP contribution in [0.25, 0.3) is 0 Å². The normalized spacial score (nSPS) is 19.3. The van der Waals surface area contributed by atoms with E-state index in [0.29, 0.717) is 19.4 Å². The van der Waals surface area contributed by atoms with Crippen molar-refractivity contribution in [2.75, 3.05) is 19.6 Å². The van der Waals surface area contributed by atoms with E-state index < -0.39 is 30.1 Å². The summed E-state index contributed by atoms with van der Waals surface area (Å²) in [5, 5.41) is 4.28. The number of ether oxygens (including phenoxy) is 1. The lowest BCUT2D eigenvalue weighted by Gasteiger charge is -2.44. The number of carbonyl (C=O) groups is 2. The zero-order chi connectivity index (χ0) is 23.9. The molecule has 0 saturated carbocycles. The zero-order valence-corrected chi connectivity index (χ0v) is 17.5. The molecule has 2 amide bonds. The molecule has 2 aliphatic rings. The number of amides is 2. The molecular weight excluding hydrogens is 446 g/mol. The highest BCUT2D eigenvalue weighted by atomic mass is 19.4. The van der Waals surface area contributed by atoms with E-state index in [1.165, 1.54) is 0 Å². The molecule has 0 N–H and O–H groups in total. The molecule has 0 atom stereocenters. The summed E-state index contributed by atoms with van der Waals surface area (Å²) in [7, 11) is 0. The molecule has 0 aromatic carbocycles. The summed E-state index contributed by atoms with van der Waals surface area (Å²) in [6, 6.07) is 1.67. The minimum Gasteiger partial charge on any atom is -0.426 e. The topological polar surface area (TPSA) is 67.7 Å². The van der Waals surface area contributed by atoms with Gasteiger partial charge < -0.3 is 14.5 Å². The van der Waals surface area contributed by atoms with Crippen LogP contribution in [0.5, 0.6) is 0 Å². The van der Waals surface area contributed by atoms with Crippen molar-refractivity contribution in [2.24, 2.45) is 0 Å². The molecule has 2 saturated heterocycles. The Bertz CT molecular complexity index is 829. The SMILES string of the molecule is CC(C)n1ccc(C(=O)N2CCCC23CCN(C(=O)OC(C(F)(F)F)C(F)(F)F)CC3)n1. The highest BCUT2D eigenvalue weighted by Gasteiger charge is 2.60. The van der Waals surface area contributed by atoms with Crippen molar-refractivity contribution in [2.45, 2.75) is 69.6 Å². The number of piperidine rings is 1. The van der Waals surface area contributed by atoms with Gasteiger partial charge in [-0.1, -0.05) is 0 Å². The van der Waals surface area contributed by atoms with Crippen LogP contribution in [0, 0.1) is 0 Å². The Balaban J connectivity index is 1.66. The zero-order valence-electron chi connectivity index (χ0n) is 17.5. The number of halogens is 6. The lowest BCUT2D eigenvalue weighted by molar-refractivity contribution is -0.308. The third-order valence-corrected chi connectivity index (χ3v) is 5.96. The molecule has 1 aromatic heterocycles. The Morgan fingerprint density at radius 1 is 1.03 bits per heavy atom. The van der Waals surface area contributed by atoms with Gasteiger partial charge >= 0.3 is 18.4 Å². The summed E-state index contributed by atoms with van der Waals surface area (Å²) in [6.45, 7) is 4.05. The van der Waals surface area contributed by atoms with Gasteiger partial charge in [-0.3, -0.25) is 9.48 Å². The maximum Gasteiger partial charge on any atom is 0.434 e. The van der Waals surface area contributed by atoms with Gasteiger partial charge in [-0.05, 0) is 45.6 Å². The Hall–Kier alpha value is -2.47. The fourth-order valence-corrected chi connectivity index (χ4v) is 4.25. The van der Waals surface area contributed by atoms with E-state index in [-0.39, 0.29) is 43.6 Å². The van der Waals surface area contributed by atoms with Crippen molar-refractivity contribution in [3.63, 3.8) is 0 Å². The first-order chi connectivity index (χ1) is 14.7. The van der Waals surface area contributed by atoms with Gasteiger partial charge in [-0.2, -0.15) is 31.4 Å². The van der Waals surface area contributed by atoms with Crippen LogP contribution in [-0.2, 0) is 4.74 Å². The van der Waals surface area contributed by atoms with Gasteiger partial charge in [0.2, 0.25) is 0 Å². The second-order valence-electron chi connectivity index (χ2n) is 8.39. The number of likely N-dealkylation sites (tertiary alicyclic amines) is 2. The van der Waals surface area contributed by atoms with Crippen molar-refractivity contribution < 1.29 is 40.7 Å². The van der Waals surface area contributed by atoms with Crippen LogP contribution in [0.15, 0.2) is 12.3 Å².